The highest BCUT2D eigenvalue weighted by atomic mass is 19.1. The van der Waals surface area contributed by atoms with Gasteiger partial charge in [-0.2, -0.15) is 4.98 Å². The molecule has 2 aromatic carbocycles. The first kappa shape index (κ1) is 27.4. The summed E-state index contributed by atoms with van der Waals surface area (Å²) >= 11 is 0. The fraction of sp³-hybridized carbons (Fsp3) is 0.200. The van der Waals surface area contributed by atoms with Crippen molar-refractivity contribution in [3.8, 4) is 11.4 Å². The summed E-state index contributed by atoms with van der Waals surface area (Å²) in [6.45, 7) is 5.64. The number of nitrogens with one attached hydrogen (secondary N) is 3. The average Bonchev–Trinajstić information content (AvgIpc) is 3.51. The second-order valence-corrected chi connectivity index (χ2v) is 9.67. The third-order valence-corrected chi connectivity index (χ3v) is 6.35. The number of aryl methyl sites for hydroxylation is 1. The van der Waals surface area contributed by atoms with Crippen molar-refractivity contribution in [2.45, 2.75) is 32.7 Å². The van der Waals surface area contributed by atoms with Crippen molar-refractivity contribution in [2.75, 3.05) is 22.5 Å². The summed E-state index contributed by atoms with van der Waals surface area (Å²) < 4.78 is 16.9. The first-order chi connectivity index (χ1) is 20.0. The van der Waals surface area contributed by atoms with Crippen LogP contribution in [0.3, 0.4) is 0 Å². The molecular weight excluding hydrogens is 521 g/mol. The SMILES string of the molecule is CC(C)c1cccc(NC(=O)c2ccc(F)c(Nc3ncccc3-c3ncnc(NCCCn4ccnc4)n3)c2)c1. The molecule has 0 fully saturated rings. The molecule has 0 aliphatic carbocycles. The van der Waals surface area contributed by atoms with Gasteiger partial charge in [0.25, 0.3) is 5.91 Å². The van der Waals surface area contributed by atoms with Gasteiger partial charge in [-0.3, -0.25) is 4.79 Å². The molecule has 10 nitrogen and oxygen atoms in total. The van der Waals surface area contributed by atoms with Crippen molar-refractivity contribution in [2.24, 2.45) is 0 Å². The number of rotatable bonds is 11. The zero-order chi connectivity index (χ0) is 28.6. The van der Waals surface area contributed by atoms with Crippen molar-refractivity contribution >= 4 is 29.0 Å². The van der Waals surface area contributed by atoms with Gasteiger partial charge in [-0.25, -0.2) is 24.3 Å². The van der Waals surface area contributed by atoms with Gasteiger partial charge in [0.05, 0.1) is 17.6 Å². The van der Waals surface area contributed by atoms with Gasteiger partial charge in [-0.05, 0) is 60.4 Å². The molecule has 41 heavy (non-hydrogen) atoms. The van der Waals surface area contributed by atoms with Gasteiger partial charge in [0.1, 0.15) is 18.0 Å². The van der Waals surface area contributed by atoms with Crippen LogP contribution in [-0.2, 0) is 6.54 Å². The van der Waals surface area contributed by atoms with E-state index in [2.05, 4.69) is 54.7 Å². The van der Waals surface area contributed by atoms with Gasteiger partial charge >= 0.3 is 0 Å². The van der Waals surface area contributed by atoms with E-state index >= 15 is 0 Å². The first-order valence-electron chi connectivity index (χ1n) is 13.3. The summed E-state index contributed by atoms with van der Waals surface area (Å²) in [5, 5.41) is 9.11. The number of pyridine rings is 1. The van der Waals surface area contributed by atoms with Crippen molar-refractivity contribution < 1.29 is 9.18 Å². The summed E-state index contributed by atoms with van der Waals surface area (Å²) in [7, 11) is 0. The molecule has 3 N–H and O–H groups in total. The topological polar surface area (TPSA) is 123 Å². The standard InChI is InChI=1S/C30H30FN9O/c1-20(2)21-6-3-7-23(16-21)37-29(41)22-9-10-25(31)26(17-22)38-27-24(8-4-11-33-27)28-35-18-36-30(39-28)34-12-5-14-40-15-13-32-19-40/h3-4,6-11,13,15-20H,5,12,14H2,1-2H3,(H,33,38)(H,37,41)(H,34,35,36,39). The van der Waals surface area contributed by atoms with Gasteiger partial charge in [-0.1, -0.05) is 26.0 Å². The van der Waals surface area contributed by atoms with E-state index in [1.165, 1.54) is 24.5 Å². The third kappa shape index (κ3) is 7.07. The summed E-state index contributed by atoms with van der Waals surface area (Å²) in [6.07, 6.45) is 9.27. The number of nitrogens with zero attached hydrogens (tertiary/aromatic N) is 6. The van der Waals surface area contributed by atoms with Crippen LogP contribution >= 0.6 is 0 Å². The predicted molar refractivity (Wildman–Crippen MR) is 157 cm³/mol. The lowest BCUT2D eigenvalue weighted by molar-refractivity contribution is 0.102. The number of hydrogen-bond acceptors (Lipinski definition) is 8. The lowest BCUT2D eigenvalue weighted by atomic mass is 10.0. The van der Waals surface area contributed by atoms with Crippen LogP contribution in [0.1, 0.15) is 42.1 Å². The maximum Gasteiger partial charge on any atom is 0.255 e. The Morgan fingerprint density at radius 2 is 1.93 bits per heavy atom. The summed E-state index contributed by atoms with van der Waals surface area (Å²) in [6, 6.07) is 15.3. The third-order valence-electron chi connectivity index (χ3n) is 6.35. The van der Waals surface area contributed by atoms with E-state index in [0.717, 1.165) is 18.5 Å². The smallest absolute Gasteiger partial charge is 0.255 e. The first-order valence-corrected chi connectivity index (χ1v) is 13.3. The Bertz CT molecular complexity index is 1620. The fourth-order valence-corrected chi connectivity index (χ4v) is 4.15. The zero-order valence-corrected chi connectivity index (χ0v) is 22.8. The van der Waals surface area contributed by atoms with Gasteiger partial charge in [0, 0.05) is 42.9 Å². The van der Waals surface area contributed by atoms with Crippen LogP contribution in [0.15, 0.2) is 85.8 Å². The van der Waals surface area contributed by atoms with Crippen LogP contribution in [0.2, 0.25) is 0 Å². The molecule has 0 saturated heterocycles. The zero-order valence-electron chi connectivity index (χ0n) is 22.8. The maximum atomic E-state index is 14.9. The second kappa shape index (κ2) is 12.8. The Hall–Kier alpha value is -5.19. The molecule has 208 valence electrons. The molecule has 3 heterocycles. The molecule has 0 saturated carbocycles. The minimum Gasteiger partial charge on any atom is -0.354 e. The molecule has 0 spiro atoms. The van der Waals surface area contributed by atoms with Crippen LogP contribution in [-0.4, -0.2) is 41.9 Å². The van der Waals surface area contributed by atoms with E-state index in [4.69, 9.17) is 0 Å². The number of anilines is 4. The van der Waals surface area contributed by atoms with Crippen LogP contribution in [0.25, 0.3) is 11.4 Å². The second-order valence-electron chi connectivity index (χ2n) is 9.67. The lowest BCUT2D eigenvalue weighted by Gasteiger charge is -2.13. The highest BCUT2D eigenvalue weighted by molar-refractivity contribution is 6.05. The van der Waals surface area contributed by atoms with Gasteiger partial charge in [0.15, 0.2) is 5.82 Å². The highest BCUT2D eigenvalue weighted by Gasteiger charge is 2.15. The maximum absolute atomic E-state index is 14.9. The summed E-state index contributed by atoms with van der Waals surface area (Å²) in [5.41, 5.74) is 2.73. The predicted octanol–water partition coefficient (Wildman–Crippen LogP) is 5.89. The number of benzene rings is 2. The number of hydrogen-bond donors (Lipinski definition) is 3. The molecule has 5 rings (SSSR count). The summed E-state index contributed by atoms with van der Waals surface area (Å²) in [4.78, 5) is 34.5. The molecule has 0 unspecified atom stereocenters. The Kier molecular flexibility index (Phi) is 8.53. The number of aromatic nitrogens is 6. The molecule has 11 heteroatoms. The number of amides is 1. The number of imidazole rings is 1. The van der Waals surface area contributed by atoms with E-state index in [1.807, 2.05) is 35.0 Å². The van der Waals surface area contributed by atoms with Crippen LogP contribution in [0.4, 0.5) is 27.5 Å². The number of halogens is 1. The van der Waals surface area contributed by atoms with E-state index in [-0.39, 0.29) is 11.6 Å². The largest absolute Gasteiger partial charge is 0.354 e. The highest BCUT2D eigenvalue weighted by Crippen LogP contribution is 2.28. The van der Waals surface area contributed by atoms with Gasteiger partial charge < -0.3 is 20.5 Å². The molecule has 0 aliphatic rings. The molecule has 0 atom stereocenters. The minimum absolute atomic E-state index is 0.0976. The molecule has 0 bridgehead atoms. The number of carbonyl (C=O) groups is 1. The van der Waals surface area contributed by atoms with Crippen molar-refractivity contribution in [3.63, 3.8) is 0 Å². The lowest BCUT2D eigenvalue weighted by Crippen LogP contribution is -2.13. The van der Waals surface area contributed by atoms with Gasteiger partial charge in [0.2, 0.25) is 5.95 Å². The molecule has 3 aromatic heterocycles. The van der Waals surface area contributed by atoms with Gasteiger partial charge in [-0.15, -0.1) is 0 Å². The number of carbonyl (C=O) groups excluding carboxylic acids is 1. The van der Waals surface area contributed by atoms with E-state index < -0.39 is 5.82 Å². The monoisotopic (exact) mass is 551 g/mol. The van der Waals surface area contributed by atoms with Crippen LogP contribution < -0.4 is 16.0 Å². The van der Waals surface area contributed by atoms with E-state index in [1.54, 1.807) is 30.9 Å². The summed E-state index contributed by atoms with van der Waals surface area (Å²) in [5.74, 6) is 0.567. The molecule has 0 radical (unpaired) electrons. The van der Waals surface area contributed by atoms with Crippen molar-refractivity contribution in [1.29, 1.82) is 0 Å². The Balaban J connectivity index is 1.30. The Morgan fingerprint density at radius 3 is 2.76 bits per heavy atom. The van der Waals surface area contributed by atoms with Crippen LogP contribution in [0, 0.1) is 5.82 Å². The Labute approximate surface area is 237 Å². The molecule has 1 amide bonds. The van der Waals surface area contributed by atoms with Crippen LogP contribution in [0.5, 0.6) is 0 Å². The molecular formula is C30H30FN9O. The molecule has 5 aromatic rings. The van der Waals surface area contributed by atoms with E-state index in [9.17, 15) is 9.18 Å². The average molecular weight is 552 g/mol. The van der Waals surface area contributed by atoms with Crippen molar-refractivity contribution in [3.05, 3.63) is 103 Å². The fourth-order valence-electron chi connectivity index (χ4n) is 4.15. The Morgan fingerprint density at radius 1 is 1.02 bits per heavy atom. The quantitative estimate of drug-likeness (QED) is 0.174. The van der Waals surface area contributed by atoms with Crippen molar-refractivity contribution in [1.82, 2.24) is 29.5 Å². The molecule has 0 aliphatic heterocycles. The van der Waals surface area contributed by atoms with E-state index in [0.29, 0.717) is 46.9 Å². The minimum atomic E-state index is -0.532. The normalized spacial score (nSPS) is 10.9.